The second-order valence-corrected chi connectivity index (χ2v) is 8.34. The van der Waals surface area contributed by atoms with Crippen molar-refractivity contribution in [1.29, 1.82) is 0 Å². The third-order valence-corrected chi connectivity index (χ3v) is 6.03. The minimum Gasteiger partial charge on any atom is -0.316 e. The molecule has 1 amide bonds. The van der Waals surface area contributed by atoms with Crippen LogP contribution in [0.2, 0.25) is 0 Å². The van der Waals surface area contributed by atoms with Crippen molar-refractivity contribution in [1.82, 2.24) is 19.1 Å². The molecule has 0 aliphatic heterocycles. The molecule has 0 unspecified atom stereocenters. The van der Waals surface area contributed by atoms with Crippen LogP contribution < -0.4 is 10.9 Å². The van der Waals surface area contributed by atoms with Crippen LogP contribution in [0.5, 0.6) is 0 Å². The third kappa shape index (κ3) is 4.42. The number of rotatable bonds is 6. The van der Waals surface area contributed by atoms with Gasteiger partial charge in [0, 0.05) is 30.4 Å². The summed E-state index contributed by atoms with van der Waals surface area (Å²) in [6, 6.07) is 28.9. The lowest BCUT2D eigenvalue weighted by atomic mass is 10.1. The van der Waals surface area contributed by atoms with Gasteiger partial charge in [0.25, 0.3) is 5.56 Å². The summed E-state index contributed by atoms with van der Waals surface area (Å²) in [5.74, 6) is -0.396. The van der Waals surface area contributed by atoms with Crippen LogP contribution in [0.25, 0.3) is 28.7 Å². The molecule has 0 bridgehead atoms. The molecule has 178 valence electrons. The molecule has 0 aliphatic rings. The van der Waals surface area contributed by atoms with Crippen molar-refractivity contribution in [3.05, 3.63) is 125 Å². The van der Waals surface area contributed by atoms with E-state index in [-0.39, 0.29) is 11.2 Å². The van der Waals surface area contributed by atoms with Crippen molar-refractivity contribution >= 4 is 17.7 Å². The van der Waals surface area contributed by atoms with E-state index in [2.05, 4.69) is 5.32 Å². The first kappa shape index (κ1) is 22.9. The van der Waals surface area contributed by atoms with Crippen LogP contribution in [0.1, 0.15) is 11.3 Å². The lowest BCUT2D eigenvalue weighted by Gasteiger charge is -2.07. The van der Waals surface area contributed by atoms with Crippen LogP contribution in [-0.4, -0.2) is 25.1 Å². The summed E-state index contributed by atoms with van der Waals surface area (Å²) in [5, 5.41) is 7.54. The minimum absolute atomic E-state index is 0.249. The lowest BCUT2D eigenvalue weighted by Crippen LogP contribution is -2.22. The van der Waals surface area contributed by atoms with Crippen LogP contribution >= 0.6 is 0 Å². The Hall–Kier alpha value is -4.91. The molecule has 2 heterocycles. The van der Waals surface area contributed by atoms with Gasteiger partial charge in [-0.1, -0.05) is 66.7 Å². The number of hydrogen-bond donors (Lipinski definition) is 1. The third-order valence-electron chi connectivity index (χ3n) is 6.03. The molecule has 0 aliphatic carbocycles. The maximum atomic E-state index is 13.1. The number of nitrogens with zero attached hydrogens (tertiary/aromatic N) is 4. The minimum atomic E-state index is -0.396. The highest BCUT2D eigenvalue weighted by atomic mass is 16.2. The van der Waals surface area contributed by atoms with E-state index >= 15 is 0 Å². The largest absolute Gasteiger partial charge is 0.316 e. The Bertz CT molecular complexity index is 1590. The van der Waals surface area contributed by atoms with E-state index in [1.54, 1.807) is 29.4 Å². The highest BCUT2D eigenvalue weighted by molar-refractivity contribution is 6.02. The second-order valence-electron chi connectivity index (χ2n) is 8.34. The van der Waals surface area contributed by atoms with Gasteiger partial charge in [-0.05, 0) is 37.3 Å². The molecule has 7 heteroatoms. The number of amides is 1. The molecule has 7 nitrogen and oxygen atoms in total. The summed E-state index contributed by atoms with van der Waals surface area (Å²) in [5.41, 5.74) is 4.75. The van der Waals surface area contributed by atoms with E-state index in [9.17, 15) is 9.59 Å². The second kappa shape index (κ2) is 9.76. The van der Waals surface area contributed by atoms with E-state index in [4.69, 9.17) is 5.10 Å². The van der Waals surface area contributed by atoms with Crippen LogP contribution in [0.4, 0.5) is 5.69 Å². The Morgan fingerprint density at radius 2 is 1.44 bits per heavy atom. The Morgan fingerprint density at radius 3 is 2.08 bits per heavy atom. The Balaban J connectivity index is 1.45. The average molecular weight is 476 g/mol. The van der Waals surface area contributed by atoms with E-state index in [0.717, 1.165) is 28.2 Å². The number of carbonyl (C=O) groups is 1. The van der Waals surface area contributed by atoms with Crippen molar-refractivity contribution in [2.45, 2.75) is 6.92 Å². The first-order chi connectivity index (χ1) is 17.5. The molecule has 0 saturated heterocycles. The van der Waals surface area contributed by atoms with Gasteiger partial charge in [0.15, 0.2) is 0 Å². The van der Waals surface area contributed by atoms with Gasteiger partial charge in [0.05, 0.1) is 22.8 Å². The first-order valence-corrected chi connectivity index (χ1v) is 11.6. The molecule has 0 radical (unpaired) electrons. The Morgan fingerprint density at radius 1 is 0.861 bits per heavy atom. The number of para-hydroxylation sites is 2. The van der Waals surface area contributed by atoms with Gasteiger partial charge in [-0.15, -0.1) is 0 Å². The zero-order valence-corrected chi connectivity index (χ0v) is 20.0. The van der Waals surface area contributed by atoms with Crippen molar-refractivity contribution in [3.63, 3.8) is 0 Å². The van der Waals surface area contributed by atoms with Gasteiger partial charge in [0.2, 0.25) is 5.91 Å². The quantitative estimate of drug-likeness (QED) is 0.352. The average Bonchev–Trinajstić information content (AvgIpc) is 3.44. The Labute approximate surface area is 208 Å². The molecule has 0 spiro atoms. The molecule has 0 atom stereocenters. The molecular weight excluding hydrogens is 450 g/mol. The fraction of sp³-hybridized carbons (Fsp3) is 0.0690. The summed E-state index contributed by atoms with van der Waals surface area (Å²) in [6.45, 7) is 1.80. The number of carbonyl (C=O) groups excluding carboxylic acids is 1. The van der Waals surface area contributed by atoms with Crippen molar-refractivity contribution in [2.75, 3.05) is 5.32 Å². The molecular formula is C29H25N5O2. The first-order valence-electron chi connectivity index (χ1n) is 11.6. The molecule has 2 aromatic heterocycles. The Kier molecular flexibility index (Phi) is 6.19. The normalized spacial score (nSPS) is 11.2. The van der Waals surface area contributed by atoms with Crippen molar-refractivity contribution in [3.8, 4) is 22.6 Å². The lowest BCUT2D eigenvalue weighted by molar-refractivity contribution is -0.111. The van der Waals surface area contributed by atoms with Gasteiger partial charge in [0.1, 0.15) is 5.69 Å². The molecule has 1 N–H and O–H groups in total. The van der Waals surface area contributed by atoms with Crippen molar-refractivity contribution < 1.29 is 4.79 Å². The van der Waals surface area contributed by atoms with E-state index in [1.165, 1.54) is 10.8 Å². The van der Waals surface area contributed by atoms with Crippen LogP contribution in [0.15, 0.2) is 108 Å². The zero-order valence-electron chi connectivity index (χ0n) is 20.0. The van der Waals surface area contributed by atoms with Crippen LogP contribution in [-0.2, 0) is 11.8 Å². The number of anilines is 1. The van der Waals surface area contributed by atoms with E-state index in [1.807, 2.05) is 97.2 Å². The molecule has 5 aromatic rings. The summed E-state index contributed by atoms with van der Waals surface area (Å²) >= 11 is 0. The standard InChI is InChI=1S/C29H25N5O2/c1-21-27(29(36)34(32(21)2)25-16-10-5-11-17-25)30-26(35)19-18-23-20-33(24-14-8-4-9-15-24)31-28(23)22-12-6-3-7-13-22/h3-20H,1-2H3,(H,30,35)/b19-18+. The van der Waals surface area contributed by atoms with Crippen LogP contribution in [0.3, 0.4) is 0 Å². The van der Waals surface area contributed by atoms with Gasteiger partial charge in [-0.3, -0.25) is 14.3 Å². The number of hydrogen-bond acceptors (Lipinski definition) is 3. The summed E-state index contributed by atoms with van der Waals surface area (Å²) in [4.78, 5) is 26.0. The fourth-order valence-electron chi connectivity index (χ4n) is 4.09. The molecule has 3 aromatic carbocycles. The highest BCUT2D eigenvalue weighted by Crippen LogP contribution is 2.25. The van der Waals surface area contributed by atoms with Gasteiger partial charge in [-0.2, -0.15) is 5.10 Å². The van der Waals surface area contributed by atoms with Crippen molar-refractivity contribution in [2.24, 2.45) is 7.05 Å². The van der Waals surface area contributed by atoms with E-state index in [0.29, 0.717) is 5.69 Å². The SMILES string of the molecule is Cc1c(NC(=O)/C=C/c2cn(-c3ccccc3)nc2-c2ccccc2)c(=O)n(-c2ccccc2)n1C. The number of aromatic nitrogens is 4. The summed E-state index contributed by atoms with van der Waals surface area (Å²) < 4.78 is 5.06. The number of benzene rings is 3. The summed E-state index contributed by atoms with van der Waals surface area (Å²) in [7, 11) is 1.79. The topological polar surface area (TPSA) is 73.8 Å². The number of nitrogens with one attached hydrogen (secondary N) is 1. The van der Waals surface area contributed by atoms with Gasteiger partial charge >= 0.3 is 0 Å². The molecule has 36 heavy (non-hydrogen) atoms. The van der Waals surface area contributed by atoms with Gasteiger partial charge < -0.3 is 5.32 Å². The monoisotopic (exact) mass is 475 g/mol. The highest BCUT2D eigenvalue weighted by Gasteiger charge is 2.17. The smallest absolute Gasteiger partial charge is 0.295 e. The van der Waals surface area contributed by atoms with Gasteiger partial charge in [-0.25, -0.2) is 9.36 Å². The maximum absolute atomic E-state index is 13.1. The molecule has 0 saturated carbocycles. The predicted octanol–water partition coefficient (Wildman–Crippen LogP) is 4.99. The predicted molar refractivity (Wildman–Crippen MR) is 142 cm³/mol. The molecule has 5 rings (SSSR count). The maximum Gasteiger partial charge on any atom is 0.295 e. The summed E-state index contributed by atoms with van der Waals surface area (Å²) in [6.07, 6.45) is 5.03. The zero-order chi connectivity index (χ0) is 25.1. The fourth-order valence-corrected chi connectivity index (χ4v) is 4.09. The molecule has 0 fully saturated rings. The van der Waals surface area contributed by atoms with Crippen LogP contribution in [0, 0.1) is 6.92 Å². The van der Waals surface area contributed by atoms with E-state index < -0.39 is 5.91 Å².